The molecule has 0 unspecified atom stereocenters. The first-order valence-corrected chi connectivity index (χ1v) is 5.06. The Balaban J connectivity index is 2.25. The Morgan fingerprint density at radius 3 is 3.07 bits per heavy atom. The molecule has 0 fully saturated rings. The van der Waals surface area contributed by atoms with Gasteiger partial charge in [0.1, 0.15) is 0 Å². The van der Waals surface area contributed by atoms with Gasteiger partial charge in [0.25, 0.3) is 0 Å². The van der Waals surface area contributed by atoms with Gasteiger partial charge in [-0.25, -0.2) is 9.78 Å². The maximum atomic E-state index is 11.2. The molecule has 1 aromatic rings. The van der Waals surface area contributed by atoms with Gasteiger partial charge in [0.15, 0.2) is 0 Å². The highest BCUT2D eigenvalue weighted by molar-refractivity contribution is 4.80. The molecule has 0 radical (unpaired) electrons. The predicted octanol–water partition coefficient (Wildman–Crippen LogP) is 0.633. The molecule has 0 aliphatic rings. The monoisotopic (exact) mass is 195 g/mol. The molecule has 1 heterocycles. The fraction of sp³-hybridized carbons (Fsp3) is 0.600. The molecule has 0 saturated carbocycles. The summed E-state index contributed by atoms with van der Waals surface area (Å²) in [5.41, 5.74) is -0.176. The normalized spacial score (nSPS) is 10.4. The minimum atomic E-state index is -0.176. The molecule has 4 nitrogen and oxygen atoms in total. The van der Waals surface area contributed by atoms with Crippen molar-refractivity contribution in [2.45, 2.75) is 26.3 Å². The van der Waals surface area contributed by atoms with Crippen LogP contribution in [0.5, 0.6) is 0 Å². The van der Waals surface area contributed by atoms with Crippen LogP contribution in [-0.4, -0.2) is 22.6 Å². The highest BCUT2D eigenvalue weighted by Crippen LogP contribution is 1.82. The highest BCUT2D eigenvalue weighted by atomic mass is 16.1. The fourth-order valence-corrected chi connectivity index (χ4v) is 1.18. The van der Waals surface area contributed by atoms with Crippen LogP contribution >= 0.6 is 0 Å². The van der Waals surface area contributed by atoms with Crippen LogP contribution in [0.1, 0.15) is 19.8 Å². The van der Waals surface area contributed by atoms with Crippen molar-refractivity contribution in [3.63, 3.8) is 0 Å². The van der Waals surface area contributed by atoms with E-state index in [9.17, 15) is 4.79 Å². The van der Waals surface area contributed by atoms with E-state index in [4.69, 9.17) is 0 Å². The van der Waals surface area contributed by atoms with E-state index in [0.717, 1.165) is 13.1 Å². The number of aromatic nitrogens is 2. The molecule has 1 N–H and O–H groups in total. The molecule has 0 aromatic carbocycles. The van der Waals surface area contributed by atoms with Gasteiger partial charge in [-0.3, -0.25) is 4.57 Å². The summed E-state index contributed by atoms with van der Waals surface area (Å²) in [6.45, 7) is 4.70. The standard InChI is InChI=1S/C10H17N3O/c1-2-3-5-11-7-9-13-8-4-6-12-10(13)14/h4,6,8,11H,2-3,5,7,9H2,1H3. The lowest BCUT2D eigenvalue weighted by Crippen LogP contribution is -2.28. The molecule has 0 bridgehead atoms. The lowest BCUT2D eigenvalue weighted by Gasteiger charge is -2.05. The summed E-state index contributed by atoms with van der Waals surface area (Å²) in [7, 11) is 0. The smallest absolute Gasteiger partial charge is 0.315 e. The Hall–Kier alpha value is -1.16. The van der Waals surface area contributed by atoms with Crippen LogP contribution in [0.15, 0.2) is 23.3 Å². The molecule has 4 heteroatoms. The fourth-order valence-electron chi connectivity index (χ4n) is 1.18. The van der Waals surface area contributed by atoms with E-state index >= 15 is 0 Å². The molecule has 0 aliphatic carbocycles. The number of hydrogen-bond donors (Lipinski definition) is 1. The van der Waals surface area contributed by atoms with E-state index in [-0.39, 0.29) is 5.69 Å². The van der Waals surface area contributed by atoms with Gasteiger partial charge in [0.05, 0.1) is 0 Å². The topological polar surface area (TPSA) is 46.9 Å². The summed E-state index contributed by atoms with van der Waals surface area (Å²) in [6, 6.07) is 1.77. The second kappa shape index (κ2) is 6.32. The van der Waals surface area contributed by atoms with Gasteiger partial charge >= 0.3 is 5.69 Å². The van der Waals surface area contributed by atoms with Crippen LogP contribution in [0.4, 0.5) is 0 Å². The van der Waals surface area contributed by atoms with Crippen molar-refractivity contribution in [1.29, 1.82) is 0 Å². The second-order valence-electron chi connectivity index (χ2n) is 3.20. The van der Waals surface area contributed by atoms with Gasteiger partial charge in [0, 0.05) is 25.5 Å². The third-order valence-electron chi connectivity index (χ3n) is 2.02. The predicted molar refractivity (Wildman–Crippen MR) is 56.3 cm³/mol. The van der Waals surface area contributed by atoms with Gasteiger partial charge in [-0.05, 0) is 19.0 Å². The third kappa shape index (κ3) is 3.70. The average Bonchev–Trinajstić information content (AvgIpc) is 2.20. The van der Waals surface area contributed by atoms with Gasteiger partial charge < -0.3 is 5.32 Å². The number of hydrogen-bond acceptors (Lipinski definition) is 3. The number of nitrogens with zero attached hydrogens (tertiary/aromatic N) is 2. The van der Waals surface area contributed by atoms with Crippen LogP contribution in [0, 0.1) is 0 Å². The first-order valence-electron chi connectivity index (χ1n) is 5.06. The largest absolute Gasteiger partial charge is 0.347 e. The Morgan fingerprint density at radius 2 is 2.36 bits per heavy atom. The molecule has 1 aromatic heterocycles. The molecule has 1 rings (SSSR count). The Morgan fingerprint density at radius 1 is 1.50 bits per heavy atom. The Kier molecular flexibility index (Phi) is 4.93. The first-order chi connectivity index (χ1) is 6.84. The third-order valence-corrected chi connectivity index (χ3v) is 2.02. The molecule has 14 heavy (non-hydrogen) atoms. The number of unbranched alkanes of at least 4 members (excludes halogenated alkanes) is 1. The van der Waals surface area contributed by atoms with Gasteiger partial charge in [-0.15, -0.1) is 0 Å². The lowest BCUT2D eigenvalue weighted by atomic mass is 10.3. The van der Waals surface area contributed by atoms with Crippen LogP contribution in [-0.2, 0) is 6.54 Å². The van der Waals surface area contributed by atoms with E-state index in [1.807, 2.05) is 0 Å². The van der Waals surface area contributed by atoms with Crippen molar-refractivity contribution in [2.75, 3.05) is 13.1 Å². The van der Waals surface area contributed by atoms with Crippen molar-refractivity contribution in [3.8, 4) is 0 Å². The van der Waals surface area contributed by atoms with Crippen LogP contribution < -0.4 is 11.0 Å². The summed E-state index contributed by atoms with van der Waals surface area (Å²) in [5.74, 6) is 0. The van der Waals surface area contributed by atoms with E-state index in [0.29, 0.717) is 6.54 Å². The summed E-state index contributed by atoms with van der Waals surface area (Å²) < 4.78 is 1.61. The summed E-state index contributed by atoms with van der Waals surface area (Å²) in [6.07, 6.45) is 5.65. The summed E-state index contributed by atoms with van der Waals surface area (Å²) in [5, 5.41) is 3.27. The zero-order chi connectivity index (χ0) is 10.2. The SMILES string of the molecule is CCCCNCCn1cccnc1=O. The summed E-state index contributed by atoms with van der Waals surface area (Å²) in [4.78, 5) is 14.8. The maximum Gasteiger partial charge on any atom is 0.347 e. The van der Waals surface area contributed by atoms with Crippen molar-refractivity contribution < 1.29 is 0 Å². The lowest BCUT2D eigenvalue weighted by molar-refractivity contribution is 0.563. The van der Waals surface area contributed by atoms with E-state index in [1.165, 1.54) is 19.0 Å². The van der Waals surface area contributed by atoms with E-state index in [1.54, 1.807) is 16.8 Å². The molecule has 0 aliphatic heterocycles. The quantitative estimate of drug-likeness (QED) is 0.677. The average molecular weight is 195 g/mol. The molecular weight excluding hydrogens is 178 g/mol. The van der Waals surface area contributed by atoms with E-state index in [2.05, 4.69) is 17.2 Å². The van der Waals surface area contributed by atoms with Crippen molar-refractivity contribution in [2.24, 2.45) is 0 Å². The zero-order valence-electron chi connectivity index (χ0n) is 8.57. The molecule has 0 atom stereocenters. The zero-order valence-corrected chi connectivity index (χ0v) is 8.57. The summed E-state index contributed by atoms with van der Waals surface area (Å²) >= 11 is 0. The maximum absolute atomic E-state index is 11.2. The highest BCUT2D eigenvalue weighted by Gasteiger charge is 1.93. The van der Waals surface area contributed by atoms with Gasteiger partial charge in [-0.1, -0.05) is 13.3 Å². The van der Waals surface area contributed by atoms with Crippen molar-refractivity contribution in [1.82, 2.24) is 14.9 Å². The van der Waals surface area contributed by atoms with Crippen LogP contribution in [0.2, 0.25) is 0 Å². The molecule has 0 saturated heterocycles. The number of rotatable bonds is 6. The first kappa shape index (κ1) is 10.9. The van der Waals surface area contributed by atoms with Crippen molar-refractivity contribution >= 4 is 0 Å². The van der Waals surface area contributed by atoms with Crippen molar-refractivity contribution in [3.05, 3.63) is 28.9 Å². The second-order valence-corrected chi connectivity index (χ2v) is 3.20. The molecule has 78 valence electrons. The number of nitrogens with one attached hydrogen (secondary N) is 1. The Labute approximate surface area is 84.0 Å². The van der Waals surface area contributed by atoms with E-state index < -0.39 is 0 Å². The van der Waals surface area contributed by atoms with Gasteiger partial charge in [-0.2, -0.15) is 0 Å². The minimum absolute atomic E-state index is 0.176. The van der Waals surface area contributed by atoms with Gasteiger partial charge in [0.2, 0.25) is 0 Å². The van der Waals surface area contributed by atoms with Crippen LogP contribution in [0.25, 0.3) is 0 Å². The molecule has 0 spiro atoms. The molecular formula is C10H17N3O. The Bertz CT molecular complexity index is 308. The minimum Gasteiger partial charge on any atom is -0.315 e. The molecule has 0 amide bonds. The van der Waals surface area contributed by atoms with Crippen LogP contribution in [0.3, 0.4) is 0 Å².